The molecular formula is C16H26Br2N2O3. The van der Waals surface area contributed by atoms with Gasteiger partial charge in [0.25, 0.3) is 0 Å². The Morgan fingerprint density at radius 2 is 1.87 bits per heavy atom. The van der Waals surface area contributed by atoms with Gasteiger partial charge >= 0.3 is 6.09 Å². The monoisotopic (exact) mass is 452 g/mol. The minimum atomic E-state index is -0.503. The van der Waals surface area contributed by atoms with E-state index in [2.05, 4.69) is 56.3 Å². The first-order chi connectivity index (χ1) is 10.6. The van der Waals surface area contributed by atoms with E-state index in [-0.39, 0.29) is 11.6 Å². The molecule has 2 N–H and O–H groups in total. The topological polar surface area (TPSA) is 63.5 Å². The first-order valence-corrected chi connectivity index (χ1v) is 9.35. The molecule has 1 heterocycles. The van der Waals surface area contributed by atoms with Crippen molar-refractivity contribution in [1.29, 1.82) is 0 Å². The number of hydrogen-bond donors (Lipinski definition) is 2. The molecule has 132 valence electrons. The van der Waals surface area contributed by atoms with Gasteiger partial charge in [-0.15, -0.1) is 0 Å². The molecular weight excluding hydrogens is 428 g/mol. The zero-order chi connectivity index (χ0) is 17.7. The third-order valence-electron chi connectivity index (χ3n) is 3.58. The predicted octanol–water partition coefficient (Wildman–Crippen LogP) is 4.98. The van der Waals surface area contributed by atoms with Crippen molar-refractivity contribution in [1.82, 2.24) is 10.6 Å². The van der Waals surface area contributed by atoms with E-state index in [0.29, 0.717) is 17.8 Å². The summed E-state index contributed by atoms with van der Waals surface area (Å²) >= 11 is 6.71. The van der Waals surface area contributed by atoms with E-state index in [1.54, 1.807) is 0 Å². The number of carbonyl (C=O) groups excluding carboxylic acids is 1. The molecule has 0 bridgehead atoms. The molecule has 5 nitrogen and oxygen atoms in total. The van der Waals surface area contributed by atoms with Gasteiger partial charge in [0.2, 0.25) is 0 Å². The molecule has 1 aromatic rings. The number of carbonyl (C=O) groups is 1. The van der Waals surface area contributed by atoms with Crippen LogP contribution in [0.25, 0.3) is 0 Å². The Kier molecular flexibility index (Phi) is 7.61. The van der Waals surface area contributed by atoms with E-state index in [0.717, 1.165) is 23.1 Å². The van der Waals surface area contributed by atoms with Crippen LogP contribution < -0.4 is 10.6 Å². The highest BCUT2D eigenvalue weighted by atomic mass is 79.9. The Bertz CT molecular complexity index is 500. The number of amides is 1. The van der Waals surface area contributed by atoms with Crippen molar-refractivity contribution < 1.29 is 13.9 Å². The second kappa shape index (κ2) is 8.53. The van der Waals surface area contributed by atoms with Gasteiger partial charge < -0.3 is 19.8 Å². The lowest BCUT2D eigenvalue weighted by molar-refractivity contribution is 0.0445. The van der Waals surface area contributed by atoms with E-state index in [1.807, 2.05) is 26.8 Å². The zero-order valence-corrected chi connectivity index (χ0v) is 17.6. The van der Waals surface area contributed by atoms with E-state index < -0.39 is 5.60 Å². The summed E-state index contributed by atoms with van der Waals surface area (Å²) in [5.74, 6) is 0.821. The average Bonchev–Trinajstić information content (AvgIpc) is 2.74. The summed E-state index contributed by atoms with van der Waals surface area (Å²) in [5, 5.41) is 6.36. The van der Waals surface area contributed by atoms with E-state index >= 15 is 0 Å². The molecule has 7 heteroatoms. The van der Waals surface area contributed by atoms with Crippen LogP contribution >= 0.6 is 31.9 Å². The number of halogens is 2. The van der Waals surface area contributed by atoms with Crippen LogP contribution in [0.4, 0.5) is 4.79 Å². The zero-order valence-electron chi connectivity index (χ0n) is 14.4. The normalized spacial score (nSPS) is 12.3. The highest BCUT2D eigenvalue weighted by Gasteiger charge is 2.30. The second-order valence-electron chi connectivity index (χ2n) is 6.55. The lowest BCUT2D eigenvalue weighted by Gasteiger charge is -2.34. The molecule has 0 aliphatic carbocycles. The number of alkyl carbamates (subject to hydrolysis) is 1. The van der Waals surface area contributed by atoms with Gasteiger partial charge in [0.15, 0.2) is 4.67 Å². The molecule has 1 rings (SSSR count). The fraction of sp³-hybridized carbons (Fsp3) is 0.688. The van der Waals surface area contributed by atoms with Gasteiger partial charge in [0.1, 0.15) is 11.4 Å². The molecule has 0 fully saturated rings. The average molecular weight is 454 g/mol. The number of hydrogen-bond acceptors (Lipinski definition) is 4. The maximum atomic E-state index is 12.1. The van der Waals surface area contributed by atoms with Crippen LogP contribution in [0, 0.1) is 0 Å². The minimum absolute atomic E-state index is 0.344. The van der Waals surface area contributed by atoms with Crippen molar-refractivity contribution in [3.63, 3.8) is 0 Å². The summed E-state index contributed by atoms with van der Waals surface area (Å²) in [6.45, 7) is 10.9. The SMILES string of the molecule is CCC(CC)(CNCc1cc(Br)c(Br)o1)NC(=O)OC(C)(C)C. The van der Waals surface area contributed by atoms with Gasteiger partial charge in [-0.1, -0.05) is 13.8 Å². The van der Waals surface area contributed by atoms with Gasteiger partial charge in [-0.2, -0.15) is 0 Å². The molecule has 0 saturated heterocycles. The van der Waals surface area contributed by atoms with Crippen molar-refractivity contribution in [2.24, 2.45) is 0 Å². The van der Waals surface area contributed by atoms with Crippen LogP contribution in [0.1, 0.15) is 53.2 Å². The highest BCUT2D eigenvalue weighted by molar-refractivity contribution is 9.13. The maximum Gasteiger partial charge on any atom is 0.408 e. The van der Waals surface area contributed by atoms with Crippen LogP contribution in [-0.4, -0.2) is 23.8 Å². The van der Waals surface area contributed by atoms with Gasteiger partial charge in [0, 0.05) is 6.54 Å². The summed E-state index contributed by atoms with van der Waals surface area (Å²) in [6.07, 6.45) is 1.23. The van der Waals surface area contributed by atoms with Crippen LogP contribution in [0.2, 0.25) is 0 Å². The summed E-state index contributed by atoms with van der Waals surface area (Å²) < 4.78 is 12.5. The molecule has 23 heavy (non-hydrogen) atoms. The van der Waals surface area contributed by atoms with Crippen LogP contribution in [0.15, 0.2) is 19.6 Å². The third kappa shape index (κ3) is 6.85. The standard InChI is InChI=1S/C16H26Br2N2O3/c1-6-16(7-2,20-14(21)23-15(3,4)5)10-19-9-11-8-12(17)13(18)22-11/h8,19H,6-7,9-10H2,1-5H3,(H,20,21). The lowest BCUT2D eigenvalue weighted by atomic mass is 9.93. The van der Waals surface area contributed by atoms with Crippen LogP contribution in [-0.2, 0) is 11.3 Å². The van der Waals surface area contributed by atoms with Gasteiger partial charge in [-0.3, -0.25) is 0 Å². The Morgan fingerprint density at radius 1 is 1.26 bits per heavy atom. The van der Waals surface area contributed by atoms with Crippen LogP contribution in [0.5, 0.6) is 0 Å². The fourth-order valence-electron chi connectivity index (χ4n) is 2.14. The molecule has 0 aliphatic rings. The number of nitrogens with one attached hydrogen (secondary N) is 2. The summed E-state index contributed by atoms with van der Waals surface area (Å²) in [7, 11) is 0. The largest absolute Gasteiger partial charge is 0.452 e. The molecule has 0 aromatic carbocycles. The molecule has 0 atom stereocenters. The minimum Gasteiger partial charge on any atom is -0.452 e. The Balaban J connectivity index is 2.60. The molecule has 0 radical (unpaired) electrons. The quantitative estimate of drug-likeness (QED) is 0.611. The van der Waals surface area contributed by atoms with E-state index in [9.17, 15) is 4.79 Å². The smallest absolute Gasteiger partial charge is 0.408 e. The molecule has 0 saturated carbocycles. The Hall–Kier alpha value is -0.530. The predicted molar refractivity (Wildman–Crippen MR) is 98.5 cm³/mol. The van der Waals surface area contributed by atoms with Crippen molar-refractivity contribution in [3.05, 3.63) is 21.0 Å². The Labute approximate surface area is 155 Å². The van der Waals surface area contributed by atoms with Gasteiger partial charge in [-0.25, -0.2) is 4.79 Å². The van der Waals surface area contributed by atoms with E-state index in [1.165, 1.54) is 0 Å². The molecule has 1 aromatic heterocycles. The molecule has 0 unspecified atom stereocenters. The molecule has 1 amide bonds. The summed E-state index contributed by atoms with van der Waals surface area (Å²) in [5.41, 5.74) is -0.846. The van der Waals surface area contributed by atoms with Crippen molar-refractivity contribution in [3.8, 4) is 0 Å². The number of furan rings is 1. The first-order valence-electron chi connectivity index (χ1n) is 7.76. The van der Waals surface area contributed by atoms with E-state index in [4.69, 9.17) is 9.15 Å². The molecule has 0 spiro atoms. The number of ether oxygens (including phenoxy) is 1. The Morgan fingerprint density at radius 3 is 2.30 bits per heavy atom. The van der Waals surface area contributed by atoms with Gasteiger partial charge in [0.05, 0.1) is 16.6 Å². The lowest BCUT2D eigenvalue weighted by Crippen LogP contribution is -2.55. The van der Waals surface area contributed by atoms with Crippen molar-refractivity contribution in [2.75, 3.05) is 6.54 Å². The second-order valence-corrected chi connectivity index (χ2v) is 8.13. The first kappa shape index (κ1) is 20.5. The van der Waals surface area contributed by atoms with Gasteiger partial charge in [-0.05, 0) is 71.5 Å². The van der Waals surface area contributed by atoms with Crippen molar-refractivity contribution in [2.45, 2.75) is 65.1 Å². The maximum absolute atomic E-state index is 12.1. The summed E-state index contributed by atoms with van der Waals surface area (Å²) in [4.78, 5) is 12.1. The molecule has 0 aliphatic heterocycles. The number of rotatable bonds is 7. The highest BCUT2D eigenvalue weighted by Crippen LogP contribution is 2.26. The fourth-order valence-corrected chi connectivity index (χ4v) is 2.80. The van der Waals surface area contributed by atoms with Crippen LogP contribution in [0.3, 0.4) is 0 Å². The van der Waals surface area contributed by atoms with Crippen molar-refractivity contribution >= 4 is 38.0 Å². The summed E-state index contributed by atoms with van der Waals surface area (Å²) in [6, 6.07) is 1.91. The third-order valence-corrected chi connectivity index (χ3v) is 5.29.